The molecule has 192 valence electrons. The van der Waals surface area contributed by atoms with Crippen LogP contribution in [0.3, 0.4) is 0 Å². The summed E-state index contributed by atoms with van der Waals surface area (Å²) >= 11 is 2.17. The third kappa shape index (κ3) is 6.64. The number of fused-ring (bicyclic) bond motifs is 4. The van der Waals surface area contributed by atoms with Crippen molar-refractivity contribution in [1.82, 2.24) is 14.9 Å². The third-order valence-corrected chi connectivity index (χ3v) is 7.90. The van der Waals surface area contributed by atoms with Gasteiger partial charge in [-0.15, -0.1) is 0 Å². The zero-order valence-electron chi connectivity index (χ0n) is 20.4. The van der Waals surface area contributed by atoms with Gasteiger partial charge in [-0.1, -0.05) is 0 Å². The van der Waals surface area contributed by atoms with E-state index in [1.54, 1.807) is 22.9 Å². The fraction of sp³-hybridized carbons (Fsp3) is 0.625. The van der Waals surface area contributed by atoms with Gasteiger partial charge in [0.2, 0.25) is 0 Å². The minimum absolute atomic E-state index is 0.0742. The molecule has 1 atom stereocenters. The molecule has 1 amide bonds. The minimum atomic E-state index is -0.538. The van der Waals surface area contributed by atoms with Gasteiger partial charge < -0.3 is 28.6 Å². The molecule has 0 aromatic carbocycles. The van der Waals surface area contributed by atoms with E-state index >= 15 is 0 Å². The predicted octanol–water partition coefficient (Wildman–Crippen LogP) is 4.73. The smallest absolute Gasteiger partial charge is 0.408 e. The zero-order chi connectivity index (χ0) is 25.1. The molecule has 1 aliphatic carbocycles. The molecule has 2 saturated heterocycles. The lowest BCUT2D eigenvalue weighted by atomic mass is 9.70. The van der Waals surface area contributed by atoms with Crippen LogP contribution >= 0.6 is 28.5 Å². The Labute approximate surface area is 220 Å². The largest absolute Gasteiger partial charge is 0.489 e. The van der Waals surface area contributed by atoms with E-state index in [4.69, 9.17) is 18.7 Å². The Hall–Kier alpha value is -1.49. The van der Waals surface area contributed by atoms with Crippen LogP contribution in [0.4, 0.5) is 4.79 Å². The highest BCUT2D eigenvalue weighted by Crippen LogP contribution is 2.45. The molecule has 0 radical (unpaired) electrons. The number of aromatic nitrogens is 2. The molecular formula is C24H33IN3O6P. The predicted molar refractivity (Wildman–Crippen MR) is 144 cm³/mol. The Kier molecular flexibility index (Phi) is 8.25. The molecule has 35 heavy (non-hydrogen) atoms. The summed E-state index contributed by atoms with van der Waals surface area (Å²) in [6.07, 6.45) is 5.30. The molecular weight excluding hydrogens is 584 g/mol. The number of halogens is 1. The maximum atomic E-state index is 12.8. The van der Waals surface area contributed by atoms with Crippen molar-refractivity contribution in [1.29, 1.82) is 0 Å². The monoisotopic (exact) mass is 617 g/mol. The summed E-state index contributed by atoms with van der Waals surface area (Å²) in [6, 6.07) is 5.16. The van der Waals surface area contributed by atoms with E-state index in [1.165, 1.54) is 0 Å². The number of hydrogen-bond donors (Lipinski definition) is 1. The lowest BCUT2D eigenvalue weighted by molar-refractivity contribution is -0.165. The van der Waals surface area contributed by atoms with Gasteiger partial charge in [0.05, 0.1) is 48.0 Å². The quantitative estimate of drug-likeness (QED) is 0.247. The van der Waals surface area contributed by atoms with Gasteiger partial charge in [-0.25, -0.2) is 4.79 Å². The number of nitrogens with one attached hydrogen (secondary N) is 1. The lowest BCUT2D eigenvalue weighted by Crippen LogP contribution is -2.63. The van der Waals surface area contributed by atoms with E-state index in [0.29, 0.717) is 45.0 Å². The van der Waals surface area contributed by atoms with Crippen molar-refractivity contribution in [3.8, 4) is 5.75 Å². The number of carbonyl (C=O) groups excluding carboxylic acids is 1. The van der Waals surface area contributed by atoms with Crippen molar-refractivity contribution in [2.24, 2.45) is 0 Å². The minimum Gasteiger partial charge on any atom is -0.489 e. The molecule has 1 saturated carbocycles. The van der Waals surface area contributed by atoms with E-state index in [2.05, 4.69) is 32.3 Å². The molecule has 0 spiro atoms. The van der Waals surface area contributed by atoms with Crippen molar-refractivity contribution < 1.29 is 23.5 Å². The molecule has 11 heteroatoms. The average Bonchev–Trinajstić information content (AvgIpc) is 2.81. The number of aryl methyl sites for hydroxylation is 1. The fourth-order valence-electron chi connectivity index (χ4n) is 4.78. The summed E-state index contributed by atoms with van der Waals surface area (Å²) in [4.78, 5) is 29.6. The summed E-state index contributed by atoms with van der Waals surface area (Å²) in [5, 5.41) is 3.06. The van der Waals surface area contributed by atoms with Crippen molar-refractivity contribution >= 4 is 45.6 Å². The highest BCUT2D eigenvalue weighted by molar-refractivity contribution is 14.2. The SMILES string of the molecule is CC(C)(C)OC(=O)NC12CCC(CCn3c(=O)ccc4ncc(OCCOPI)cc43)(CC1)OC2. The Bertz CT molecular complexity index is 1090. The van der Waals surface area contributed by atoms with Gasteiger partial charge in [0.1, 0.15) is 18.0 Å². The Morgan fingerprint density at radius 3 is 2.69 bits per heavy atom. The van der Waals surface area contributed by atoms with E-state index in [0.717, 1.165) is 36.7 Å². The van der Waals surface area contributed by atoms with Crippen LogP contribution in [0.2, 0.25) is 0 Å². The van der Waals surface area contributed by atoms with Gasteiger partial charge in [0, 0.05) is 18.7 Å². The van der Waals surface area contributed by atoms with E-state index in [-0.39, 0.29) is 16.7 Å². The van der Waals surface area contributed by atoms with E-state index < -0.39 is 11.7 Å². The van der Waals surface area contributed by atoms with Crippen LogP contribution in [0.5, 0.6) is 5.75 Å². The number of rotatable bonds is 9. The molecule has 1 N–H and O–H groups in total. The molecule has 2 bridgehead atoms. The van der Waals surface area contributed by atoms with Crippen molar-refractivity contribution in [3.63, 3.8) is 0 Å². The first-order valence-electron chi connectivity index (χ1n) is 11.9. The van der Waals surface area contributed by atoms with Gasteiger partial charge in [-0.2, -0.15) is 0 Å². The van der Waals surface area contributed by atoms with Gasteiger partial charge in [0.25, 0.3) is 5.56 Å². The van der Waals surface area contributed by atoms with Gasteiger partial charge in [0.15, 0.2) is 0 Å². The fourth-order valence-corrected chi connectivity index (χ4v) is 5.60. The maximum Gasteiger partial charge on any atom is 0.408 e. The second-order valence-electron chi connectivity index (χ2n) is 10.3. The average molecular weight is 617 g/mol. The number of carbonyl (C=O) groups is 1. The van der Waals surface area contributed by atoms with Crippen molar-refractivity contribution in [3.05, 3.63) is 34.7 Å². The van der Waals surface area contributed by atoms with Gasteiger partial charge in [-0.3, -0.25) is 9.78 Å². The normalized spacial score (nSPS) is 24.2. The van der Waals surface area contributed by atoms with Crippen LogP contribution in [0, 0.1) is 0 Å². The number of alkyl carbamates (subject to hydrolysis) is 1. The molecule has 4 heterocycles. The first-order valence-corrected chi connectivity index (χ1v) is 15.9. The molecule has 2 aromatic rings. The zero-order valence-corrected chi connectivity index (χ0v) is 23.6. The first kappa shape index (κ1) is 26.6. The van der Waals surface area contributed by atoms with Gasteiger partial charge in [-0.05, 0) is 81.0 Å². The summed E-state index contributed by atoms with van der Waals surface area (Å²) in [5.74, 6) is 0.611. The van der Waals surface area contributed by atoms with Crippen LogP contribution in [0.15, 0.2) is 29.2 Å². The van der Waals surface area contributed by atoms with Crippen LogP contribution in [-0.2, 0) is 20.5 Å². The van der Waals surface area contributed by atoms with Gasteiger partial charge >= 0.3 is 6.09 Å². The van der Waals surface area contributed by atoms with Crippen molar-refractivity contribution in [2.75, 3.05) is 19.8 Å². The molecule has 3 fully saturated rings. The first-order chi connectivity index (χ1) is 16.6. The maximum absolute atomic E-state index is 12.8. The molecule has 3 aliphatic rings. The van der Waals surface area contributed by atoms with E-state index in [1.807, 2.05) is 26.8 Å². The lowest BCUT2D eigenvalue weighted by Gasteiger charge is -2.53. The summed E-state index contributed by atoms with van der Waals surface area (Å²) < 4.78 is 24.6. The topological polar surface area (TPSA) is 101 Å². The number of pyridine rings is 2. The molecule has 1 unspecified atom stereocenters. The number of hydrogen-bond acceptors (Lipinski definition) is 7. The standard InChI is InChI=1S/C24H33IN3O6P/c1-22(2,3)34-21(30)27-23-6-8-24(9-7-23,32-16-23)10-11-28-19-14-17(31-12-13-33-35-25)15-26-18(19)4-5-20(28)29/h4-5,14-15,35H,6-13,16H2,1-3H3,(H,27,30). The van der Waals surface area contributed by atoms with Crippen LogP contribution < -0.4 is 15.6 Å². The Morgan fingerprint density at radius 2 is 2.03 bits per heavy atom. The summed E-state index contributed by atoms with van der Waals surface area (Å²) in [6.45, 7) is 7.87. The number of ether oxygens (including phenoxy) is 3. The molecule has 2 aromatic heterocycles. The summed E-state index contributed by atoms with van der Waals surface area (Å²) in [5.41, 5.74) is 0.207. The van der Waals surface area contributed by atoms with E-state index in [9.17, 15) is 9.59 Å². The van der Waals surface area contributed by atoms with Crippen LogP contribution in [0.25, 0.3) is 11.0 Å². The molecule has 5 rings (SSSR count). The highest BCUT2D eigenvalue weighted by atomic mass is 127. The summed E-state index contributed by atoms with van der Waals surface area (Å²) in [7, 11) is 0. The number of nitrogens with zero attached hydrogens (tertiary/aromatic N) is 2. The number of amides is 1. The van der Waals surface area contributed by atoms with Crippen LogP contribution in [-0.4, -0.2) is 52.2 Å². The second-order valence-corrected chi connectivity index (χ2v) is 12.1. The van der Waals surface area contributed by atoms with Crippen LogP contribution in [0.1, 0.15) is 52.9 Å². The second kappa shape index (κ2) is 10.9. The highest BCUT2D eigenvalue weighted by Gasteiger charge is 2.50. The third-order valence-electron chi connectivity index (χ3n) is 6.65. The Balaban J connectivity index is 1.41. The molecule has 9 nitrogen and oxygen atoms in total. The molecule has 2 aliphatic heterocycles. The Morgan fingerprint density at radius 1 is 1.26 bits per heavy atom. The van der Waals surface area contributed by atoms with Crippen molar-refractivity contribution in [2.45, 2.75) is 76.2 Å².